The van der Waals surface area contributed by atoms with Gasteiger partial charge < -0.3 is 9.64 Å². The summed E-state index contributed by atoms with van der Waals surface area (Å²) in [5.41, 5.74) is 2.99. The molecule has 4 unspecified atom stereocenters. The fourth-order valence-electron chi connectivity index (χ4n) is 6.42. The summed E-state index contributed by atoms with van der Waals surface area (Å²) in [6.07, 6.45) is 3.83. The number of amides is 2. The number of Topliss-reactive ketones (excluding diaryl/α,β-unsaturated/α-hetero) is 1. The first kappa shape index (κ1) is 22.5. The monoisotopic (exact) mass is 500 g/mol. The molecule has 0 aromatic heterocycles. The summed E-state index contributed by atoms with van der Waals surface area (Å²) in [4.78, 5) is 45.8. The third-order valence-electron chi connectivity index (χ3n) is 8.11. The lowest BCUT2D eigenvalue weighted by Gasteiger charge is -2.35. The molecule has 7 rings (SSSR count). The number of carbonyl (C=O) groups is 3. The van der Waals surface area contributed by atoms with Gasteiger partial charge >= 0.3 is 0 Å². The number of benzene rings is 4. The molecule has 4 atom stereocenters. The maximum absolute atomic E-state index is 14.2. The molecule has 0 bridgehead atoms. The lowest BCUT2D eigenvalue weighted by atomic mass is 9.83. The zero-order valence-corrected chi connectivity index (χ0v) is 20.7. The van der Waals surface area contributed by atoms with Crippen LogP contribution in [0.1, 0.15) is 27.5 Å². The molecule has 0 saturated carbocycles. The number of hydrogen-bond donors (Lipinski definition) is 0. The second-order valence-electron chi connectivity index (χ2n) is 9.94. The number of anilines is 1. The molecule has 186 valence electrons. The molecule has 2 saturated heterocycles. The third-order valence-corrected chi connectivity index (χ3v) is 8.11. The number of ketones is 1. The number of fused-ring (bicyclic) bond motifs is 6. The summed E-state index contributed by atoms with van der Waals surface area (Å²) in [5.74, 6) is -1.62. The Kier molecular flexibility index (Phi) is 4.98. The summed E-state index contributed by atoms with van der Waals surface area (Å²) in [6.45, 7) is 0. The number of carbonyl (C=O) groups excluding carboxylic acids is 3. The SMILES string of the molecule is COc1ccc(C(=O)C2C3C(=O)N(c4cccc5ccccc45)C(=O)C3C3c4ccccc4C=CN23)cc1. The molecule has 4 aromatic rings. The number of imide groups is 1. The van der Waals surface area contributed by atoms with E-state index in [1.807, 2.05) is 83.9 Å². The molecule has 4 aromatic carbocycles. The largest absolute Gasteiger partial charge is 0.497 e. The van der Waals surface area contributed by atoms with Gasteiger partial charge in [-0.05, 0) is 52.9 Å². The standard InChI is InChI=1S/C32H24N2O4/c1-38-22-15-13-21(14-16-22)30(35)29-27-26(28-24-11-5-3-8-20(24)17-18-33(28)29)31(36)34(32(27)37)25-12-6-9-19-7-2-4-10-23(19)25/h2-18,26-29H,1H3. The number of methoxy groups -OCH3 is 1. The van der Waals surface area contributed by atoms with Crippen LogP contribution in [0.25, 0.3) is 16.8 Å². The average Bonchev–Trinajstić information content (AvgIpc) is 3.44. The van der Waals surface area contributed by atoms with Gasteiger partial charge in [-0.3, -0.25) is 14.4 Å². The molecule has 6 nitrogen and oxygen atoms in total. The van der Waals surface area contributed by atoms with Crippen molar-refractivity contribution in [1.29, 1.82) is 0 Å². The Morgan fingerprint density at radius 3 is 2.32 bits per heavy atom. The van der Waals surface area contributed by atoms with Crippen LogP contribution in [0.15, 0.2) is 97.2 Å². The Morgan fingerprint density at radius 2 is 1.50 bits per heavy atom. The van der Waals surface area contributed by atoms with E-state index in [9.17, 15) is 14.4 Å². The van der Waals surface area contributed by atoms with Crippen molar-refractivity contribution in [3.63, 3.8) is 0 Å². The van der Waals surface area contributed by atoms with Crippen LogP contribution < -0.4 is 9.64 Å². The van der Waals surface area contributed by atoms with Crippen LogP contribution in [0.5, 0.6) is 5.75 Å². The summed E-state index contributed by atoms with van der Waals surface area (Å²) < 4.78 is 5.26. The van der Waals surface area contributed by atoms with E-state index >= 15 is 0 Å². The van der Waals surface area contributed by atoms with Crippen LogP contribution in [-0.4, -0.2) is 35.6 Å². The van der Waals surface area contributed by atoms with Crippen molar-refractivity contribution in [3.8, 4) is 5.75 Å². The van der Waals surface area contributed by atoms with Gasteiger partial charge in [0, 0.05) is 17.1 Å². The Labute approximate surface area is 219 Å². The second-order valence-corrected chi connectivity index (χ2v) is 9.94. The van der Waals surface area contributed by atoms with Crippen LogP contribution in [0, 0.1) is 11.8 Å². The van der Waals surface area contributed by atoms with Gasteiger partial charge in [0.15, 0.2) is 5.78 Å². The van der Waals surface area contributed by atoms with Crippen LogP contribution in [0.4, 0.5) is 5.69 Å². The number of ether oxygens (including phenoxy) is 1. The van der Waals surface area contributed by atoms with Gasteiger partial charge in [-0.2, -0.15) is 0 Å². The minimum atomic E-state index is -0.808. The van der Waals surface area contributed by atoms with E-state index < -0.39 is 23.9 Å². The molecule has 2 fully saturated rings. The van der Waals surface area contributed by atoms with E-state index in [0.717, 1.165) is 21.9 Å². The average molecular weight is 501 g/mol. The van der Waals surface area contributed by atoms with Crippen LogP contribution >= 0.6 is 0 Å². The summed E-state index contributed by atoms with van der Waals surface area (Å²) >= 11 is 0. The topological polar surface area (TPSA) is 66.9 Å². The van der Waals surface area contributed by atoms with E-state index in [2.05, 4.69) is 0 Å². The summed E-state index contributed by atoms with van der Waals surface area (Å²) in [6, 6.07) is 26.9. The van der Waals surface area contributed by atoms with Crippen molar-refractivity contribution >= 4 is 40.1 Å². The van der Waals surface area contributed by atoms with Gasteiger partial charge in [0.1, 0.15) is 11.8 Å². The highest BCUT2D eigenvalue weighted by Crippen LogP contribution is 2.54. The molecule has 6 heteroatoms. The smallest absolute Gasteiger partial charge is 0.240 e. The number of rotatable bonds is 4. The van der Waals surface area contributed by atoms with Gasteiger partial charge in [0.05, 0.1) is 30.7 Å². The van der Waals surface area contributed by atoms with Gasteiger partial charge in [-0.15, -0.1) is 0 Å². The van der Waals surface area contributed by atoms with E-state index in [1.54, 1.807) is 31.4 Å². The normalized spacial score (nSPS) is 23.4. The summed E-state index contributed by atoms with van der Waals surface area (Å²) in [5, 5.41) is 1.77. The highest BCUT2D eigenvalue weighted by Gasteiger charge is 2.64. The Balaban J connectivity index is 1.38. The molecular weight excluding hydrogens is 476 g/mol. The minimum absolute atomic E-state index is 0.185. The van der Waals surface area contributed by atoms with E-state index in [-0.39, 0.29) is 17.6 Å². The third kappa shape index (κ3) is 3.10. The van der Waals surface area contributed by atoms with Crippen molar-refractivity contribution in [2.45, 2.75) is 12.1 Å². The first-order valence-corrected chi connectivity index (χ1v) is 12.7. The molecule has 2 amide bonds. The van der Waals surface area contributed by atoms with Gasteiger partial charge in [-0.25, -0.2) is 4.90 Å². The molecular formula is C32H24N2O4. The molecule has 0 radical (unpaired) electrons. The number of hydrogen-bond acceptors (Lipinski definition) is 5. The predicted octanol–water partition coefficient (Wildman–Crippen LogP) is 5.25. The molecule has 3 aliphatic rings. The molecule has 3 aliphatic heterocycles. The molecule has 3 heterocycles. The van der Waals surface area contributed by atoms with Crippen molar-refractivity contribution < 1.29 is 19.1 Å². The Bertz CT molecular complexity index is 1650. The van der Waals surface area contributed by atoms with Crippen LogP contribution in [0.2, 0.25) is 0 Å². The number of nitrogens with zero attached hydrogens (tertiary/aromatic N) is 2. The van der Waals surface area contributed by atoms with Crippen molar-refractivity contribution in [3.05, 3.63) is 114 Å². The fourth-order valence-corrected chi connectivity index (χ4v) is 6.42. The first-order chi connectivity index (χ1) is 18.6. The van der Waals surface area contributed by atoms with Crippen LogP contribution in [0.3, 0.4) is 0 Å². The van der Waals surface area contributed by atoms with Crippen molar-refractivity contribution in [2.24, 2.45) is 11.8 Å². The van der Waals surface area contributed by atoms with E-state index in [0.29, 0.717) is 17.0 Å². The zero-order chi connectivity index (χ0) is 26.0. The Hall–Kier alpha value is -4.71. The lowest BCUT2D eigenvalue weighted by Crippen LogP contribution is -2.44. The fraction of sp³-hybridized carbons (Fsp3) is 0.156. The van der Waals surface area contributed by atoms with Crippen molar-refractivity contribution in [2.75, 3.05) is 12.0 Å². The Morgan fingerprint density at radius 1 is 0.789 bits per heavy atom. The van der Waals surface area contributed by atoms with Crippen LogP contribution in [-0.2, 0) is 9.59 Å². The minimum Gasteiger partial charge on any atom is -0.497 e. The summed E-state index contributed by atoms with van der Waals surface area (Å²) in [7, 11) is 1.57. The molecule has 38 heavy (non-hydrogen) atoms. The second kappa shape index (κ2) is 8.42. The van der Waals surface area contributed by atoms with Gasteiger partial charge in [-0.1, -0.05) is 60.7 Å². The predicted molar refractivity (Wildman–Crippen MR) is 145 cm³/mol. The molecule has 0 aliphatic carbocycles. The maximum Gasteiger partial charge on any atom is 0.240 e. The highest BCUT2D eigenvalue weighted by molar-refractivity contribution is 6.27. The lowest BCUT2D eigenvalue weighted by molar-refractivity contribution is -0.123. The van der Waals surface area contributed by atoms with Crippen molar-refractivity contribution in [1.82, 2.24) is 4.90 Å². The zero-order valence-electron chi connectivity index (χ0n) is 20.7. The quantitative estimate of drug-likeness (QED) is 0.283. The maximum atomic E-state index is 14.2. The van der Waals surface area contributed by atoms with E-state index in [4.69, 9.17) is 4.74 Å². The highest BCUT2D eigenvalue weighted by atomic mass is 16.5. The van der Waals surface area contributed by atoms with Gasteiger partial charge in [0.25, 0.3) is 0 Å². The molecule has 0 spiro atoms. The van der Waals surface area contributed by atoms with Gasteiger partial charge in [0.2, 0.25) is 11.8 Å². The first-order valence-electron chi connectivity index (χ1n) is 12.7. The van der Waals surface area contributed by atoms with E-state index in [1.165, 1.54) is 4.90 Å². The molecule has 0 N–H and O–H groups in total.